The molecule has 0 spiro atoms. The maximum atomic E-state index is 10.4. The Kier molecular flexibility index (Phi) is 5.29. The van der Waals surface area contributed by atoms with Crippen LogP contribution in [0, 0.1) is 0 Å². The molecule has 0 aliphatic rings. The average Bonchev–Trinajstić information content (AvgIpc) is 2.04. The Balaban J connectivity index is 0.00000169. The first-order valence-electron chi connectivity index (χ1n) is 3.93. The molecule has 0 saturated carbocycles. The number of aromatic nitrogens is 1. The number of hydrogen-bond donors (Lipinski definition) is 2. The number of hydrogen-bond acceptors (Lipinski definition) is 4. The minimum atomic E-state index is -3.82. The predicted molar refractivity (Wildman–Crippen MR) is 54.0 cm³/mol. The first-order valence-corrected chi connectivity index (χ1v) is 5.54. The monoisotopic (exact) mass is 218 g/mol. The number of aryl methyl sites for hydroxylation is 1. The summed E-state index contributed by atoms with van der Waals surface area (Å²) in [4.78, 5) is 4.02. The van der Waals surface area contributed by atoms with Gasteiger partial charge in [0.25, 0.3) is 10.1 Å². The second-order valence-electron chi connectivity index (χ2n) is 2.71. The highest BCUT2D eigenvalue weighted by atomic mass is 32.2. The second-order valence-corrected chi connectivity index (χ2v) is 4.28. The van der Waals surface area contributed by atoms with Gasteiger partial charge in [0.05, 0.1) is 5.75 Å². The van der Waals surface area contributed by atoms with E-state index in [0.29, 0.717) is 12.8 Å². The Labute approximate surface area is 83.5 Å². The zero-order chi connectivity index (χ0) is 9.73. The summed E-state index contributed by atoms with van der Waals surface area (Å²) in [5.41, 5.74) is 0.839. The molecular formula is C8H14N2O3S. The maximum Gasteiger partial charge on any atom is 0.264 e. The molecule has 4 N–H and O–H groups in total. The standard InChI is InChI=1S/C8H11NO3S.H3N/c10-13(11,12)7-3-5-8-4-1-2-6-9-8;/h1-2,4,6H,3,5,7H2,(H,10,11,12);1H3. The summed E-state index contributed by atoms with van der Waals surface area (Å²) >= 11 is 0. The van der Waals surface area contributed by atoms with Gasteiger partial charge in [0.2, 0.25) is 0 Å². The molecule has 1 rings (SSSR count). The van der Waals surface area contributed by atoms with Crippen molar-refractivity contribution in [3.05, 3.63) is 30.1 Å². The van der Waals surface area contributed by atoms with Crippen LogP contribution < -0.4 is 6.15 Å². The summed E-state index contributed by atoms with van der Waals surface area (Å²) < 4.78 is 29.2. The molecule has 1 aromatic rings. The van der Waals surface area contributed by atoms with E-state index in [0.717, 1.165) is 5.69 Å². The number of rotatable bonds is 4. The summed E-state index contributed by atoms with van der Waals surface area (Å²) in [5, 5.41) is 0. The van der Waals surface area contributed by atoms with Gasteiger partial charge in [-0.2, -0.15) is 8.42 Å². The van der Waals surface area contributed by atoms with Crippen LogP contribution in [0.25, 0.3) is 0 Å². The molecular weight excluding hydrogens is 204 g/mol. The van der Waals surface area contributed by atoms with Crippen LogP contribution in [0.5, 0.6) is 0 Å². The largest absolute Gasteiger partial charge is 0.344 e. The molecule has 80 valence electrons. The third kappa shape index (κ3) is 5.63. The molecule has 0 aromatic carbocycles. The van der Waals surface area contributed by atoms with Crippen molar-refractivity contribution >= 4 is 10.1 Å². The molecule has 1 heterocycles. The van der Waals surface area contributed by atoms with E-state index in [1.54, 1.807) is 12.3 Å². The first kappa shape index (κ1) is 13.0. The predicted octanol–water partition coefficient (Wildman–Crippen LogP) is 1.06. The summed E-state index contributed by atoms with van der Waals surface area (Å²) in [6.07, 6.45) is 2.62. The van der Waals surface area contributed by atoms with Crippen LogP contribution in [0.1, 0.15) is 12.1 Å². The van der Waals surface area contributed by atoms with Crippen molar-refractivity contribution in [2.75, 3.05) is 5.75 Å². The van der Waals surface area contributed by atoms with Crippen molar-refractivity contribution in [2.45, 2.75) is 12.8 Å². The zero-order valence-corrected chi connectivity index (χ0v) is 8.57. The van der Waals surface area contributed by atoms with Crippen LogP contribution in [0.2, 0.25) is 0 Å². The summed E-state index contributed by atoms with van der Waals surface area (Å²) in [6, 6.07) is 5.46. The Bertz CT molecular complexity index is 350. The van der Waals surface area contributed by atoms with Gasteiger partial charge in [-0.25, -0.2) is 0 Å². The van der Waals surface area contributed by atoms with Gasteiger partial charge >= 0.3 is 0 Å². The van der Waals surface area contributed by atoms with E-state index in [-0.39, 0.29) is 11.9 Å². The van der Waals surface area contributed by atoms with E-state index < -0.39 is 10.1 Å². The normalized spacial score (nSPS) is 10.6. The Morgan fingerprint density at radius 2 is 2.07 bits per heavy atom. The molecule has 0 amide bonds. The minimum Gasteiger partial charge on any atom is -0.344 e. The van der Waals surface area contributed by atoms with E-state index in [4.69, 9.17) is 4.55 Å². The first-order chi connectivity index (χ1) is 6.08. The third-order valence-corrected chi connectivity index (χ3v) is 2.37. The molecule has 0 saturated heterocycles. The van der Waals surface area contributed by atoms with Crippen molar-refractivity contribution in [1.29, 1.82) is 0 Å². The highest BCUT2D eigenvalue weighted by Crippen LogP contribution is 1.99. The minimum absolute atomic E-state index is 0. The van der Waals surface area contributed by atoms with Crippen LogP contribution in [0.4, 0.5) is 0 Å². The second kappa shape index (κ2) is 5.69. The van der Waals surface area contributed by atoms with Crippen molar-refractivity contribution in [3.8, 4) is 0 Å². The Morgan fingerprint density at radius 3 is 2.57 bits per heavy atom. The molecule has 0 atom stereocenters. The van der Waals surface area contributed by atoms with Crippen LogP contribution in [-0.4, -0.2) is 23.7 Å². The Hall–Kier alpha value is -0.980. The van der Waals surface area contributed by atoms with Crippen LogP contribution >= 0.6 is 0 Å². The van der Waals surface area contributed by atoms with E-state index in [9.17, 15) is 8.42 Å². The fraction of sp³-hybridized carbons (Fsp3) is 0.375. The summed E-state index contributed by atoms with van der Waals surface area (Å²) in [6.45, 7) is 0. The Morgan fingerprint density at radius 1 is 1.36 bits per heavy atom. The quantitative estimate of drug-likeness (QED) is 0.736. The van der Waals surface area contributed by atoms with Crippen molar-refractivity contribution in [3.63, 3.8) is 0 Å². The molecule has 0 fully saturated rings. The topological polar surface area (TPSA) is 102 Å². The molecule has 14 heavy (non-hydrogen) atoms. The smallest absolute Gasteiger partial charge is 0.264 e. The SMILES string of the molecule is N.O=S(=O)(O)CCCc1ccccn1. The molecule has 0 unspecified atom stereocenters. The van der Waals surface area contributed by atoms with Crippen LogP contribution in [0.3, 0.4) is 0 Å². The highest BCUT2D eigenvalue weighted by Gasteiger charge is 2.03. The molecule has 1 aromatic heterocycles. The van der Waals surface area contributed by atoms with Gasteiger partial charge in [-0.05, 0) is 25.0 Å². The van der Waals surface area contributed by atoms with Crippen molar-refractivity contribution in [2.24, 2.45) is 0 Å². The van der Waals surface area contributed by atoms with Gasteiger partial charge in [0.1, 0.15) is 0 Å². The highest BCUT2D eigenvalue weighted by molar-refractivity contribution is 7.85. The van der Waals surface area contributed by atoms with Gasteiger partial charge in [-0.1, -0.05) is 6.07 Å². The van der Waals surface area contributed by atoms with E-state index in [1.165, 1.54) is 0 Å². The van der Waals surface area contributed by atoms with Gasteiger partial charge in [-0.15, -0.1) is 0 Å². The lowest BCUT2D eigenvalue weighted by atomic mass is 10.2. The lowest BCUT2D eigenvalue weighted by molar-refractivity contribution is 0.481. The van der Waals surface area contributed by atoms with Crippen LogP contribution in [-0.2, 0) is 16.5 Å². The van der Waals surface area contributed by atoms with Crippen molar-refractivity contribution in [1.82, 2.24) is 11.1 Å². The van der Waals surface area contributed by atoms with Gasteiger partial charge in [0.15, 0.2) is 0 Å². The lowest BCUT2D eigenvalue weighted by Gasteiger charge is -1.97. The summed E-state index contributed by atoms with van der Waals surface area (Å²) in [5.74, 6) is -0.205. The van der Waals surface area contributed by atoms with E-state index in [2.05, 4.69) is 4.98 Å². The van der Waals surface area contributed by atoms with Gasteiger partial charge in [-0.3, -0.25) is 9.54 Å². The van der Waals surface area contributed by atoms with Gasteiger partial charge in [0, 0.05) is 11.9 Å². The van der Waals surface area contributed by atoms with E-state index in [1.807, 2.05) is 12.1 Å². The lowest BCUT2D eigenvalue weighted by Crippen LogP contribution is -2.05. The fourth-order valence-corrected chi connectivity index (χ4v) is 1.49. The number of nitrogens with zero attached hydrogens (tertiary/aromatic N) is 1. The molecule has 6 heteroatoms. The molecule has 0 aliphatic heterocycles. The molecule has 0 aliphatic carbocycles. The van der Waals surface area contributed by atoms with E-state index >= 15 is 0 Å². The van der Waals surface area contributed by atoms with Crippen LogP contribution in [0.15, 0.2) is 24.4 Å². The molecule has 0 bridgehead atoms. The molecule has 0 radical (unpaired) electrons. The summed E-state index contributed by atoms with van der Waals surface area (Å²) in [7, 11) is -3.82. The fourth-order valence-electron chi connectivity index (χ4n) is 0.982. The number of pyridine rings is 1. The van der Waals surface area contributed by atoms with Crippen molar-refractivity contribution < 1.29 is 13.0 Å². The zero-order valence-electron chi connectivity index (χ0n) is 7.76. The average molecular weight is 218 g/mol. The maximum absolute atomic E-state index is 10.4. The third-order valence-electron chi connectivity index (χ3n) is 1.56. The molecule has 5 nitrogen and oxygen atoms in total. The van der Waals surface area contributed by atoms with Gasteiger partial charge < -0.3 is 6.15 Å².